The molecule has 0 bridgehead atoms. The Hall–Kier alpha value is -3.15. The molecule has 1 heterocycles. The van der Waals surface area contributed by atoms with Gasteiger partial charge in [-0.3, -0.25) is 4.79 Å². The van der Waals surface area contributed by atoms with E-state index in [9.17, 15) is 19.6 Å². The number of hydrogen-bond acceptors (Lipinski definition) is 8. The number of benzene rings is 1. The SMILES string of the molecule is CCOC(=O)c1sc(CC(=O)C(C#N)=Cc2cc(Cl)ccc2OCC)c(C(=O)OCC)c1C. The highest BCUT2D eigenvalue weighted by Crippen LogP contribution is 2.31. The number of thiophene rings is 1. The molecule has 33 heavy (non-hydrogen) atoms. The maximum Gasteiger partial charge on any atom is 0.348 e. The van der Waals surface area contributed by atoms with E-state index >= 15 is 0 Å². The Morgan fingerprint density at radius 1 is 1.09 bits per heavy atom. The fourth-order valence-electron chi connectivity index (χ4n) is 3.05. The summed E-state index contributed by atoms with van der Waals surface area (Å²) in [4.78, 5) is 38.5. The molecule has 0 saturated heterocycles. The van der Waals surface area contributed by atoms with E-state index in [4.69, 9.17) is 25.8 Å². The second-order valence-corrected chi connectivity index (χ2v) is 8.22. The minimum absolute atomic E-state index is 0.133. The molecular formula is C24H24ClNO6S. The van der Waals surface area contributed by atoms with Crippen molar-refractivity contribution >= 4 is 46.7 Å². The van der Waals surface area contributed by atoms with Crippen molar-refractivity contribution in [2.45, 2.75) is 34.1 Å². The monoisotopic (exact) mass is 489 g/mol. The van der Waals surface area contributed by atoms with Gasteiger partial charge in [0.05, 0.1) is 31.0 Å². The van der Waals surface area contributed by atoms with Crippen LogP contribution in [0.4, 0.5) is 0 Å². The minimum Gasteiger partial charge on any atom is -0.493 e. The maximum atomic E-state index is 13.0. The summed E-state index contributed by atoms with van der Waals surface area (Å²) in [6.45, 7) is 7.45. The van der Waals surface area contributed by atoms with Crippen LogP contribution in [0.25, 0.3) is 6.08 Å². The van der Waals surface area contributed by atoms with Crippen LogP contribution in [0.5, 0.6) is 5.75 Å². The molecule has 9 heteroatoms. The summed E-state index contributed by atoms with van der Waals surface area (Å²) in [5.74, 6) is -1.27. The molecule has 2 aromatic rings. The first kappa shape index (κ1) is 26.1. The van der Waals surface area contributed by atoms with E-state index in [1.807, 2.05) is 13.0 Å². The quantitative estimate of drug-likeness (QED) is 0.257. The number of Topliss-reactive ketones (excluding diaryl/α,β-unsaturated/α-hetero) is 1. The van der Waals surface area contributed by atoms with E-state index in [1.54, 1.807) is 39.0 Å². The Bertz CT molecular complexity index is 1130. The summed E-state index contributed by atoms with van der Waals surface area (Å²) in [6.07, 6.45) is 1.14. The number of carbonyl (C=O) groups excluding carboxylic acids is 3. The van der Waals surface area contributed by atoms with Gasteiger partial charge in [-0.15, -0.1) is 11.3 Å². The lowest BCUT2D eigenvalue weighted by Gasteiger charge is -2.08. The van der Waals surface area contributed by atoms with Crippen molar-refractivity contribution < 1.29 is 28.6 Å². The molecule has 2 rings (SSSR count). The number of halogens is 1. The minimum atomic E-state index is -0.638. The number of nitrogens with zero attached hydrogens (tertiary/aromatic N) is 1. The molecule has 0 saturated carbocycles. The van der Waals surface area contributed by atoms with E-state index in [0.29, 0.717) is 33.4 Å². The molecule has 0 N–H and O–H groups in total. The van der Waals surface area contributed by atoms with Gasteiger partial charge in [0.15, 0.2) is 5.78 Å². The van der Waals surface area contributed by atoms with Crippen LogP contribution in [0.2, 0.25) is 5.02 Å². The van der Waals surface area contributed by atoms with Gasteiger partial charge in [0.25, 0.3) is 0 Å². The van der Waals surface area contributed by atoms with Crippen LogP contribution in [0.1, 0.15) is 56.8 Å². The lowest BCUT2D eigenvalue weighted by molar-refractivity contribution is -0.114. The summed E-state index contributed by atoms with van der Waals surface area (Å²) in [5, 5.41) is 10.1. The molecular weight excluding hydrogens is 466 g/mol. The van der Waals surface area contributed by atoms with Crippen molar-refractivity contribution in [3.8, 4) is 11.8 Å². The van der Waals surface area contributed by atoms with Gasteiger partial charge in [0.2, 0.25) is 0 Å². The summed E-state index contributed by atoms with van der Waals surface area (Å²) in [5.41, 5.74) is 0.871. The second kappa shape index (κ2) is 12.2. The molecule has 174 valence electrons. The van der Waals surface area contributed by atoms with Crippen LogP contribution in [0.3, 0.4) is 0 Å². The normalized spacial score (nSPS) is 11.0. The molecule has 0 atom stereocenters. The third-order valence-electron chi connectivity index (χ3n) is 4.47. The topological polar surface area (TPSA) is 103 Å². The molecule has 0 amide bonds. The summed E-state index contributed by atoms with van der Waals surface area (Å²) in [7, 11) is 0. The van der Waals surface area contributed by atoms with E-state index in [1.165, 1.54) is 6.08 Å². The number of carbonyl (C=O) groups is 3. The predicted octanol–water partition coefficient (Wildman–Crippen LogP) is 5.18. The highest BCUT2D eigenvalue weighted by atomic mass is 35.5. The molecule has 7 nitrogen and oxygen atoms in total. The van der Waals surface area contributed by atoms with Crippen molar-refractivity contribution in [3.05, 3.63) is 55.2 Å². The predicted molar refractivity (Wildman–Crippen MR) is 126 cm³/mol. The third-order valence-corrected chi connectivity index (χ3v) is 5.98. The zero-order valence-corrected chi connectivity index (χ0v) is 20.4. The van der Waals surface area contributed by atoms with E-state index in [2.05, 4.69) is 0 Å². The largest absolute Gasteiger partial charge is 0.493 e. The highest BCUT2D eigenvalue weighted by Gasteiger charge is 2.28. The standard InChI is InChI=1S/C24H24ClNO6S/c1-5-30-19-9-8-17(25)11-15(19)10-16(13-26)18(27)12-20-21(23(28)31-6-2)14(4)22(33-20)24(29)32-7-3/h8-11H,5-7,12H2,1-4H3. The van der Waals surface area contributed by atoms with Gasteiger partial charge in [-0.05, 0) is 57.5 Å². The van der Waals surface area contributed by atoms with E-state index < -0.39 is 17.7 Å². The molecule has 0 aliphatic rings. The van der Waals surface area contributed by atoms with Crippen LogP contribution in [-0.4, -0.2) is 37.5 Å². The Morgan fingerprint density at radius 2 is 1.76 bits per heavy atom. The number of esters is 2. The molecule has 0 aliphatic heterocycles. The van der Waals surface area contributed by atoms with Crippen molar-refractivity contribution in [3.63, 3.8) is 0 Å². The third kappa shape index (κ3) is 6.44. The Kier molecular flexibility index (Phi) is 9.64. The van der Waals surface area contributed by atoms with Crippen LogP contribution in [-0.2, 0) is 20.7 Å². The number of hydrogen-bond donors (Lipinski definition) is 0. The number of ketones is 1. The van der Waals surface area contributed by atoms with Crippen LogP contribution >= 0.6 is 22.9 Å². The van der Waals surface area contributed by atoms with Crippen molar-refractivity contribution in [1.29, 1.82) is 5.26 Å². The van der Waals surface area contributed by atoms with Gasteiger partial charge >= 0.3 is 11.9 Å². The lowest BCUT2D eigenvalue weighted by atomic mass is 10.0. The number of ether oxygens (including phenoxy) is 3. The second-order valence-electron chi connectivity index (χ2n) is 6.68. The molecule has 0 aliphatic carbocycles. The van der Waals surface area contributed by atoms with Crippen molar-refractivity contribution in [2.75, 3.05) is 19.8 Å². The van der Waals surface area contributed by atoms with Gasteiger partial charge in [-0.25, -0.2) is 9.59 Å². The summed E-state index contributed by atoms with van der Waals surface area (Å²) >= 11 is 7.05. The highest BCUT2D eigenvalue weighted by molar-refractivity contribution is 7.14. The maximum absolute atomic E-state index is 13.0. The Balaban J connectivity index is 2.47. The zero-order valence-electron chi connectivity index (χ0n) is 18.8. The average molecular weight is 490 g/mol. The fraction of sp³-hybridized carbons (Fsp3) is 0.333. The molecule has 0 radical (unpaired) electrons. The first-order valence-electron chi connectivity index (χ1n) is 10.3. The lowest BCUT2D eigenvalue weighted by Crippen LogP contribution is -2.12. The first-order chi connectivity index (χ1) is 15.8. The first-order valence-corrected chi connectivity index (χ1v) is 11.5. The van der Waals surface area contributed by atoms with Gasteiger partial charge in [-0.1, -0.05) is 11.6 Å². The summed E-state index contributed by atoms with van der Waals surface area (Å²) < 4.78 is 15.7. The molecule has 0 unspecified atom stereocenters. The molecule has 0 fully saturated rings. The number of nitriles is 1. The fourth-order valence-corrected chi connectivity index (χ4v) is 4.42. The average Bonchev–Trinajstić information content (AvgIpc) is 3.09. The number of allylic oxidation sites excluding steroid dienone is 1. The smallest absolute Gasteiger partial charge is 0.348 e. The van der Waals surface area contributed by atoms with Gasteiger partial charge in [0.1, 0.15) is 16.7 Å². The van der Waals surface area contributed by atoms with Gasteiger partial charge < -0.3 is 14.2 Å². The van der Waals surface area contributed by atoms with E-state index in [-0.39, 0.29) is 35.6 Å². The Labute approximate surface area is 201 Å². The van der Waals surface area contributed by atoms with Crippen LogP contribution < -0.4 is 4.74 Å². The van der Waals surface area contributed by atoms with Gasteiger partial charge in [-0.2, -0.15) is 5.26 Å². The van der Waals surface area contributed by atoms with Crippen molar-refractivity contribution in [2.24, 2.45) is 0 Å². The Morgan fingerprint density at radius 3 is 2.36 bits per heavy atom. The van der Waals surface area contributed by atoms with Crippen LogP contribution in [0.15, 0.2) is 23.8 Å². The van der Waals surface area contributed by atoms with Gasteiger partial charge in [0, 0.05) is 21.9 Å². The molecule has 0 spiro atoms. The van der Waals surface area contributed by atoms with Crippen molar-refractivity contribution in [1.82, 2.24) is 0 Å². The molecule has 1 aromatic carbocycles. The van der Waals surface area contributed by atoms with Crippen LogP contribution in [0, 0.1) is 18.3 Å². The zero-order chi connectivity index (χ0) is 24.5. The number of rotatable bonds is 10. The molecule has 1 aromatic heterocycles. The van der Waals surface area contributed by atoms with E-state index in [0.717, 1.165) is 11.3 Å². The summed E-state index contributed by atoms with van der Waals surface area (Å²) in [6, 6.07) is 6.80.